The van der Waals surface area contributed by atoms with Crippen molar-refractivity contribution in [1.29, 1.82) is 0 Å². The van der Waals surface area contributed by atoms with Gasteiger partial charge in [0.1, 0.15) is 10.3 Å². The summed E-state index contributed by atoms with van der Waals surface area (Å²) in [6, 6.07) is 8.58. The molecule has 1 unspecified atom stereocenters. The van der Waals surface area contributed by atoms with Crippen LogP contribution < -0.4 is 10.6 Å². The molecule has 7 heteroatoms. The number of hydrogen-bond donors (Lipinski definition) is 2. The number of hydrogen-bond acceptors (Lipinski definition) is 4. The summed E-state index contributed by atoms with van der Waals surface area (Å²) in [5, 5.41) is 6.88. The number of rotatable bonds is 3. The van der Waals surface area contributed by atoms with Crippen LogP contribution in [-0.4, -0.2) is 16.5 Å². The summed E-state index contributed by atoms with van der Waals surface area (Å²) in [7, 11) is 0. The van der Waals surface area contributed by atoms with Gasteiger partial charge in [-0.3, -0.25) is 0 Å². The van der Waals surface area contributed by atoms with Crippen molar-refractivity contribution in [3.63, 3.8) is 0 Å². The van der Waals surface area contributed by atoms with Crippen LogP contribution in [0, 0.1) is 0 Å². The molecule has 2 aromatic rings. The zero-order valence-corrected chi connectivity index (χ0v) is 12.7. The lowest BCUT2D eigenvalue weighted by molar-refractivity contribution is 1.08. The molecule has 1 aliphatic rings. The highest BCUT2D eigenvalue weighted by Crippen LogP contribution is 2.29. The molecule has 0 saturated carbocycles. The van der Waals surface area contributed by atoms with Gasteiger partial charge in [0.15, 0.2) is 0 Å². The topological polar surface area (TPSA) is 59.8 Å². The minimum atomic E-state index is 0.279. The van der Waals surface area contributed by atoms with Crippen LogP contribution in [0.5, 0.6) is 0 Å². The Bertz CT molecular complexity index is 591. The van der Waals surface area contributed by atoms with Crippen LogP contribution in [0.1, 0.15) is 11.6 Å². The van der Waals surface area contributed by atoms with E-state index >= 15 is 0 Å². The molecule has 1 aromatic carbocycles. The van der Waals surface area contributed by atoms with Crippen LogP contribution in [0.4, 0.5) is 11.6 Å². The molecule has 0 spiro atoms. The highest BCUT2D eigenvalue weighted by Gasteiger charge is 2.21. The fourth-order valence-electron chi connectivity index (χ4n) is 1.67. The Morgan fingerprint density at radius 2 is 1.74 bits per heavy atom. The Morgan fingerprint density at radius 3 is 2.26 bits per heavy atom. The third kappa shape index (κ3) is 3.00. The number of aromatic nitrogens is 2. The van der Waals surface area contributed by atoms with Crippen molar-refractivity contribution < 1.29 is 0 Å². The lowest BCUT2D eigenvalue weighted by atomic mass is 10.1. The van der Waals surface area contributed by atoms with E-state index < -0.39 is 0 Å². The lowest BCUT2D eigenvalue weighted by Crippen LogP contribution is -1.98. The van der Waals surface area contributed by atoms with Gasteiger partial charge in [-0.1, -0.05) is 35.3 Å². The second-order valence-electron chi connectivity index (χ2n) is 4.15. The molecule has 1 aromatic heterocycles. The summed E-state index contributed by atoms with van der Waals surface area (Å²) in [6.07, 6.45) is 0. The summed E-state index contributed by atoms with van der Waals surface area (Å²) >= 11 is 15.1. The van der Waals surface area contributed by atoms with Gasteiger partial charge >= 0.3 is 0 Å². The van der Waals surface area contributed by atoms with Gasteiger partial charge in [-0.15, -0.1) is 0 Å². The number of nitrogens with one attached hydrogen (secondary N) is 2. The van der Waals surface area contributed by atoms with Crippen molar-refractivity contribution in [1.82, 2.24) is 15.3 Å². The van der Waals surface area contributed by atoms with Gasteiger partial charge in [-0.05, 0) is 33.6 Å². The fraction of sp³-hybridized carbons (Fsp3) is 0.167. The molecule has 4 nitrogen and oxygen atoms in total. The van der Waals surface area contributed by atoms with Crippen LogP contribution >= 0.6 is 39.1 Å². The quantitative estimate of drug-likeness (QED) is 0.643. The molecule has 1 aliphatic heterocycles. The first-order valence-electron chi connectivity index (χ1n) is 5.62. The predicted octanol–water partition coefficient (Wildman–Crippen LogP) is 3.93. The maximum absolute atomic E-state index is 5.93. The molecule has 0 aliphatic carbocycles. The van der Waals surface area contributed by atoms with Crippen molar-refractivity contribution >= 4 is 50.8 Å². The first-order valence-corrected chi connectivity index (χ1v) is 7.17. The second kappa shape index (κ2) is 5.25. The largest absolute Gasteiger partial charge is 0.324 e. The summed E-state index contributed by atoms with van der Waals surface area (Å²) in [5.74, 6) is 0.371. The molecule has 0 amide bonds. The number of nitrogens with zero attached hydrogens (tertiary/aromatic N) is 2. The van der Waals surface area contributed by atoms with Gasteiger partial charge in [-0.2, -0.15) is 9.97 Å². The van der Waals surface area contributed by atoms with Crippen LogP contribution in [-0.2, 0) is 0 Å². The Balaban J connectivity index is 1.80. The number of benzene rings is 1. The number of halogens is 3. The number of anilines is 2. The molecule has 1 fully saturated rings. The van der Waals surface area contributed by atoms with E-state index in [0.717, 1.165) is 12.2 Å². The lowest BCUT2D eigenvalue weighted by Gasteiger charge is -2.07. The van der Waals surface area contributed by atoms with E-state index in [-0.39, 0.29) is 10.3 Å². The average molecular weight is 360 g/mol. The molecule has 1 saturated heterocycles. The molecule has 0 bridgehead atoms. The Kier molecular flexibility index (Phi) is 3.62. The fourth-order valence-corrected chi connectivity index (χ4v) is 2.24. The third-order valence-corrected chi connectivity index (χ3v) is 4.50. The highest BCUT2D eigenvalue weighted by molar-refractivity contribution is 9.10. The SMILES string of the molecule is Clc1nc(Nc2ccc(C3CN3)cc2)nc(Cl)c1Br. The molecule has 98 valence electrons. The molecular formula is C12H9BrCl2N4. The summed E-state index contributed by atoms with van der Waals surface area (Å²) < 4.78 is 0.497. The maximum Gasteiger partial charge on any atom is 0.230 e. The van der Waals surface area contributed by atoms with Crippen molar-refractivity contribution in [3.05, 3.63) is 44.6 Å². The standard InChI is InChI=1S/C12H9BrCl2N4/c13-9-10(14)18-12(19-11(9)15)17-7-3-1-6(2-4-7)8-5-16-8/h1-4,8,16H,5H2,(H,17,18,19). The van der Waals surface area contributed by atoms with Crippen molar-refractivity contribution in [3.8, 4) is 0 Å². The molecule has 1 atom stereocenters. The Hall–Kier alpha value is -0.880. The monoisotopic (exact) mass is 358 g/mol. The second-order valence-corrected chi connectivity index (χ2v) is 5.66. The smallest absolute Gasteiger partial charge is 0.230 e. The van der Waals surface area contributed by atoms with E-state index in [4.69, 9.17) is 23.2 Å². The zero-order chi connectivity index (χ0) is 13.4. The van der Waals surface area contributed by atoms with Gasteiger partial charge in [-0.25, -0.2) is 0 Å². The van der Waals surface area contributed by atoms with Crippen molar-refractivity contribution in [2.45, 2.75) is 6.04 Å². The summed E-state index contributed by atoms with van der Waals surface area (Å²) in [5.41, 5.74) is 2.16. The van der Waals surface area contributed by atoms with Crippen LogP contribution in [0.3, 0.4) is 0 Å². The average Bonchev–Trinajstić information content (AvgIpc) is 3.21. The Labute approximate surface area is 128 Å². The van der Waals surface area contributed by atoms with Crippen molar-refractivity contribution in [2.75, 3.05) is 11.9 Å². The van der Waals surface area contributed by atoms with Crippen molar-refractivity contribution in [2.24, 2.45) is 0 Å². The van der Waals surface area contributed by atoms with E-state index in [2.05, 4.69) is 48.7 Å². The van der Waals surface area contributed by atoms with E-state index in [9.17, 15) is 0 Å². The minimum absolute atomic E-state index is 0.279. The minimum Gasteiger partial charge on any atom is -0.324 e. The summed E-state index contributed by atoms with van der Waals surface area (Å²) in [4.78, 5) is 8.20. The van der Waals surface area contributed by atoms with E-state index in [0.29, 0.717) is 16.5 Å². The van der Waals surface area contributed by atoms with Gasteiger partial charge in [0.2, 0.25) is 5.95 Å². The van der Waals surface area contributed by atoms with Crippen LogP contribution in [0.15, 0.2) is 28.7 Å². The Morgan fingerprint density at radius 1 is 1.16 bits per heavy atom. The predicted molar refractivity (Wildman–Crippen MR) is 80.2 cm³/mol. The molecule has 2 N–H and O–H groups in total. The van der Waals surface area contributed by atoms with Crippen LogP contribution in [0.2, 0.25) is 10.3 Å². The van der Waals surface area contributed by atoms with E-state index in [1.807, 2.05) is 12.1 Å². The first kappa shape index (κ1) is 13.1. The van der Waals surface area contributed by atoms with Gasteiger partial charge in [0.05, 0.1) is 4.47 Å². The third-order valence-electron chi connectivity index (χ3n) is 2.75. The highest BCUT2D eigenvalue weighted by atomic mass is 79.9. The van der Waals surface area contributed by atoms with Gasteiger partial charge < -0.3 is 10.6 Å². The van der Waals surface area contributed by atoms with E-state index in [1.165, 1.54) is 5.56 Å². The van der Waals surface area contributed by atoms with E-state index in [1.54, 1.807) is 0 Å². The zero-order valence-electron chi connectivity index (χ0n) is 9.62. The maximum atomic E-state index is 5.93. The first-order chi connectivity index (χ1) is 9.13. The van der Waals surface area contributed by atoms with Gasteiger partial charge in [0.25, 0.3) is 0 Å². The molecule has 19 heavy (non-hydrogen) atoms. The van der Waals surface area contributed by atoms with Gasteiger partial charge in [0, 0.05) is 18.3 Å². The molecular weight excluding hydrogens is 351 g/mol. The normalized spacial score (nSPS) is 17.3. The molecule has 0 radical (unpaired) electrons. The molecule has 2 heterocycles. The summed E-state index contributed by atoms with van der Waals surface area (Å²) in [6.45, 7) is 1.05. The molecule has 3 rings (SSSR count). The van der Waals surface area contributed by atoms with Crippen LogP contribution in [0.25, 0.3) is 0 Å².